The van der Waals surface area contributed by atoms with Crippen LogP contribution in [0.2, 0.25) is 0 Å². The summed E-state index contributed by atoms with van der Waals surface area (Å²) in [5.74, 6) is 0.444. The molecule has 0 bridgehead atoms. The molecule has 0 atom stereocenters. The number of fused-ring (bicyclic) bond motifs is 2. The van der Waals surface area contributed by atoms with Crippen LogP contribution in [0.25, 0.3) is 11.0 Å². The highest BCUT2D eigenvalue weighted by atomic mass is 16.5. The smallest absolute Gasteiger partial charge is 0.336 e. The van der Waals surface area contributed by atoms with E-state index >= 15 is 0 Å². The number of carbonyl (C=O) groups excluding carboxylic acids is 1. The van der Waals surface area contributed by atoms with E-state index in [1.54, 1.807) is 18.2 Å². The number of rotatable bonds is 0. The van der Waals surface area contributed by atoms with Crippen LogP contribution in [0, 0.1) is 0 Å². The molecule has 1 aromatic heterocycles. The van der Waals surface area contributed by atoms with Gasteiger partial charge < -0.3 is 9.15 Å². The van der Waals surface area contributed by atoms with E-state index in [2.05, 4.69) is 0 Å². The number of ketones is 1. The van der Waals surface area contributed by atoms with E-state index in [0.29, 0.717) is 16.9 Å². The van der Waals surface area contributed by atoms with Gasteiger partial charge in [0, 0.05) is 17.5 Å². The second kappa shape index (κ2) is 2.70. The van der Waals surface area contributed by atoms with Gasteiger partial charge in [0.2, 0.25) is 5.78 Å². The molecule has 0 aliphatic carbocycles. The van der Waals surface area contributed by atoms with E-state index in [4.69, 9.17) is 9.15 Å². The van der Waals surface area contributed by atoms with Crippen LogP contribution in [-0.4, -0.2) is 12.4 Å². The predicted octanol–water partition coefficient (Wildman–Crippen LogP) is 1.37. The number of carbonyl (C=O) groups is 1. The van der Waals surface area contributed by atoms with Crippen molar-refractivity contribution in [3.8, 4) is 5.75 Å². The van der Waals surface area contributed by atoms with Gasteiger partial charge in [-0.3, -0.25) is 4.79 Å². The Morgan fingerprint density at radius 2 is 2.00 bits per heavy atom. The molecular weight excluding hydrogens is 196 g/mol. The average molecular weight is 202 g/mol. The summed E-state index contributed by atoms with van der Waals surface area (Å²) in [6, 6.07) is 6.22. The first kappa shape index (κ1) is 8.23. The zero-order chi connectivity index (χ0) is 10.4. The molecular formula is C11H6O4. The number of hydrogen-bond acceptors (Lipinski definition) is 4. The lowest BCUT2D eigenvalue weighted by atomic mass is 10.1. The van der Waals surface area contributed by atoms with Gasteiger partial charge in [0.1, 0.15) is 11.3 Å². The highest BCUT2D eigenvalue weighted by Crippen LogP contribution is 2.29. The van der Waals surface area contributed by atoms with E-state index in [1.807, 2.05) is 0 Å². The van der Waals surface area contributed by atoms with Gasteiger partial charge in [0.05, 0.1) is 5.56 Å². The van der Waals surface area contributed by atoms with Crippen molar-refractivity contribution in [3.05, 3.63) is 40.2 Å². The van der Waals surface area contributed by atoms with Crippen LogP contribution in [0.5, 0.6) is 5.75 Å². The summed E-state index contributed by atoms with van der Waals surface area (Å²) in [6.45, 7) is 0.0654. The van der Waals surface area contributed by atoms with Crippen molar-refractivity contribution in [1.29, 1.82) is 0 Å². The summed E-state index contributed by atoms with van der Waals surface area (Å²) in [5.41, 5.74) is 0.582. The minimum Gasteiger partial charge on any atom is -0.485 e. The third kappa shape index (κ3) is 1.15. The van der Waals surface area contributed by atoms with Crippen molar-refractivity contribution in [1.82, 2.24) is 0 Å². The van der Waals surface area contributed by atoms with Crippen molar-refractivity contribution in [2.75, 3.05) is 6.61 Å². The third-order valence-electron chi connectivity index (χ3n) is 2.38. The fourth-order valence-corrected chi connectivity index (χ4v) is 1.66. The molecule has 0 fully saturated rings. The standard InChI is InChI=1S/C11H6O4/c12-8-5-14-10-4-9-6(3-7(8)10)1-2-11(13)15-9/h1-4H,5H2. The van der Waals surface area contributed by atoms with Crippen molar-refractivity contribution in [2.45, 2.75) is 0 Å². The van der Waals surface area contributed by atoms with E-state index in [9.17, 15) is 9.59 Å². The normalized spacial score (nSPS) is 14.0. The van der Waals surface area contributed by atoms with Gasteiger partial charge in [-0.15, -0.1) is 0 Å². The molecule has 0 saturated carbocycles. The molecule has 0 amide bonds. The molecule has 0 saturated heterocycles. The average Bonchev–Trinajstić information content (AvgIpc) is 2.57. The first-order valence-corrected chi connectivity index (χ1v) is 4.48. The fourth-order valence-electron chi connectivity index (χ4n) is 1.66. The molecule has 0 N–H and O–H groups in total. The maximum Gasteiger partial charge on any atom is 0.336 e. The molecule has 1 aliphatic rings. The highest BCUT2D eigenvalue weighted by Gasteiger charge is 2.21. The van der Waals surface area contributed by atoms with Gasteiger partial charge >= 0.3 is 5.63 Å². The van der Waals surface area contributed by atoms with E-state index < -0.39 is 5.63 Å². The molecule has 4 nitrogen and oxygen atoms in total. The van der Waals surface area contributed by atoms with Crippen molar-refractivity contribution >= 4 is 16.8 Å². The van der Waals surface area contributed by atoms with E-state index in [-0.39, 0.29) is 12.4 Å². The lowest BCUT2D eigenvalue weighted by Crippen LogP contribution is -1.98. The molecule has 0 unspecified atom stereocenters. The van der Waals surface area contributed by atoms with Crippen LogP contribution in [0.15, 0.2) is 33.5 Å². The molecule has 0 radical (unpaired) electrons. The van der Waals surface area contributed by atoms with Gasteiger partial charge in [-0.25, -0.2) is 4.79 Å². The van der Waals surface area contributed by atoms with Crippen molar-refractivity contribution in [3.63, 3.8) is 0 Å². The number of benzene rings is 1. The number of Topliss-reactive ketones (excluding diaryl/α,β-unsaturated/α-hetero) is 1. The minimum atomic E-state index is -0.410. The van der Waals surface area contributed by atoms with Crippen molar-refractivity contribution < 1.29 is 13.9 Å². The summed E-state index contributed by atoms with van der Waals surface area (Å²) < 4.78 is 10.1. The second-order valence-corrected chi connectivity index (χ2v) is 3.35. The minimum absolute atomic E-state index is 0.0434. The maximum absolute atomic E-state index is 11.4. The van der Waals surface area contributed by atoms with Crippen LogP contribution in [0.1, 0.15) is 10.4 Å². The first-order chi connectivity index (χ1) is 7.24. The first-order valence-electron chi connectivity index (χ1n) is 4.48. The maximum atomic E-state index is 11.4. The Bertz CT molecular complexity index is 624. The fraction of sp³-hybridized carbons (Fsp3) is 0.0909. The Labute approximate surface area is 84.1 Å². The molecule has 74 valence electrons. The number of ether oxygens (including phenoxy) is 1. The Morgan fingerprint density at radius 1 is 1.13 bits per heavy atom. The molecule has 1 aliphatic heterocycles. The quantitative estimate of drug-likeness (QED) is 0.605. The summed E-state index contributed by atoms with van der Waals surface area (Å²) in [4.78, 5) is 22.3. The van der Waals surface area contributed by atoms with Crippen molar-refractivity contribution in [2.24, 2.45) is 0 Å². The van der Waals surface area contributed by atoms with Crippen LogP contribution in [-0.2, 0) is 0 Å². The summed E-state index contributed by atoms with van der Waals surface area (Å²) >= 11 is 0. The van der Waals surface area contributed by atoms with Gasteiger partial charge in [-0.05, 0) is 12.1 Å². The van der Waals surface area contributed by atoms with Gasteiger partial charge in [0.25, 0.3) is 0 Å². The Hall–Kier alpha value is -2.10. The topological polar surface area (TPSA) is 56.5 Å². The molecule has 4 heteroatoms. The van der Waals surface area contributed by atoms with E-state index in [1.165, 1.54) is 6.07 Å². The van der Waals surface area contributed by atoms with Gasteiger partial charge in [-0.1, -0.05) is 0 Å². The summed E-state index contributed by atoms with van der Waals surface area (Å²) in [5, 5.41) is 0.729. The largest absolute Gasteiger partial charge is 0.485 e. The Balaban J connectivity index is 2.39. The van der Waals surface area contributed by atoms with Crippen LogP contribution in [0.3, 0.4) is 0 Å². The Morgan fingerprint density at radius 3 is 2.87 bits per heavy atom. The Kier molecular flexibility index (Phi) is 1.48. The van der Waals surface area contributed by atoms with Gasteiger partial charge in [-0.2, -0.15) is 0 Å². The van der Waals surface area contributed by atoms with E-state index in [0.717, 1.165) is 5.39 Å². The molecule has 15 heavy (non-hydrogen) atoms. The zero-order valence-corrected chi connectivity index (χ0v) is 7.65. The number of hydrogen-bond donors (Lipinski definition) is 0. The van der Waals surface area contributed by atoms with Crippen LogP contribution in [0.4, 0.5) is 0 Å². The molecule has 1 aromatic carbocycles. The molecule has 3 rings (SSSR count). The van der Waals surface area contributed by atoms with Crippen LogP contribution >= 0.6 is 0 Å². The van der Waals surface area contributed by atoms with Crippen LogP contribution < -0.4 is 10.4 Å². The summed E-state index contributed by atoms with van der Waals surface area (Å²) in [7, 11) is 0. The molecule has 2 heterocycles. The lowest BCUT2D eigenvalue weighted by Gasteiger charge is -1.99. The lowest BCUT2D eigenvalue weighted by molar-refractivity contribution is 0.0961. The zero-order valence-electron chi connectivity index (χ0n) is 7.65. The highest BCUT2D eigenvalue weighted by molar-refractivity contribution is 6.05. The molecule has 2 aromatic rings. The predicted molar refractivity (Wildman–Crippen MR) is 52.3 cm³/mol. The monoisotopic (exact) mass is 202 g/mol. The SMILES string of the molecule is O=C1COc2cc3oc(=O)ccc3cc21. The van der Waals surface area contributed by atoms with Gasteiger partial charge in [0.15, 0.2) is 6.61 Å². The third-order valence-corrected chi connectivity index (χ3v) is 2.38. The second-order valence-electron chi connectivity index (χ2n) is 3.35. The molecule has 0 spiro atoms. The summed E-state index contributed by atoms with van der Waals surface area (Å²) in [6.07, 6.45) is 0.